The average molecular weight is 449 g/mol. The van der Waals surface area contributed by atoms with Crippen molar-refractivity contribution in [2.75, 3.05) is 5.32 Å². The molecule has 0 aliphatic carbocycles. The van der Waals surface area contributed by atoms with Gasteiger partial charge in [0, 0.05) is 21.8 Å². The predicted molar refractivity (Wildman–Crippen MR) is 124 cm³/mol. The minimum Gasteiger partial charge on any atom is -0.480 e. The Balaban J connectivity index is 1.71. The molecule has 1 N–H and O–H groups in total. The third kappa shape index (κ3) is 5.05. The number of ether oxygens (including phenoxy) is 1. The van der Waals surface area contributed by atoms with E-state index < -0.39 is 6.10 Å². The zero-order valence-electron chi connectivity index (χ0n) is 16.3. The fraction of sp³-hybridized carbons (Fsp3) is 0.0400. The molecule has 0 saturated carbocycles. The van der Waals surface area contributed by atoms with Crippen molar-refractivity contribution in [2.24, 2.45) is 0 Å². The third-order valence-corrected chi connectivity index (χ3v) is 5.22. The minimum atomic E-state index is -0.556. The van der Waals surface area contributed by atoms with E-state index in [1.54, 1.807) is 60.9 Å². The first-order chi connectivity index (χ1) is 15.1. The van der Waals surface area contributed by atoms with Gasteiger partial charge in [0.05, 0.1) is 17.4 Å². The summed E-state index contributed by atoms with van der Waals surface area (Å²) in [4.78, 5) is 17.0. The molecule has 0 bridgehead atoms. The van der Waals surface area contributed by atoms with Crippen molar-refractivity contribution < 1.29 is 9.53 Å². The van der Waals surface area contributed by atoms with E-state index in [0.29, 0.717) is 32.6 Å². The number of carbonyl (C=O) groups excluding carboxylic acids is 1. The number of anilines is 1. The van der Waals surface area contributed by atoms with Crippen LogP contribution in [-0.2, 0) is 0 Å². The lowest BCUT2D eigenvalue weighted by atomic mass is 10.0. The Morgan fingerprint density at radius 2 is 1.68 bits per heavy atom. The Hall–Kier alpha value is -3.34. The molecule has 1 heterocycles. The minimum absolute atomic E-state index is 0.299. The van der Waals surface area contributed by atoms with Gasteiger partial charge in [0.2, 0.25) is 0 Å². The maximum absolute atomic E-state index is 12.9. The number of amides is 1. The second-order valence-electron chi connectivity index (χ2n) is 6.77. The SMILES string of the molecule is O=C(Nc1cccnc1)c1ccccc1OC(c1ccccc1)c1cc(Cl)ccc1Cl. The normalized spacial score (nSPS) is 11.5. The fourth-order valence-electron chi connectivity index (χ4n) is 3.17. The molecule has 6 heteroatoms. The highest BCUT2D eigenvalue weighted by Gasteiger charge is 2.22. The van der Waals surface area contributed by atoms with Crippen molar-refractivity contribution in [2.45, 2.75) is 6.10 Å². The highest BCUT2D eigenvalue weighted by molar-refractivity contribution is 6.33. The molecule has 154 valence electrons. The highest BCUT2D eigenvalue weighted by atomic mass is 35.5. The number of hydrogen-bond donors (Lipinski definition) is 1. The van der Waals surface area contributed by atoms with E-state index in [1.807, 2.05) is 36.4 Å². The first kappa shape index (κ1) is 20.9. The molecule has 0 aliphatic heterocycles. The summed E-state index contributed by atoms with van der Waals surface area (Å²) in [6.45, 7) is 0. The molecule has 0 radical (unpaired) electrons. The zero-order valence-corrected chi connectivity index (χ0v) is 17.8. The Labute approximate surface area is 190 Å². The third-order valence-electron chi connectivity index (χ3n) is 4.64. The largest absolute Gasteiger partial charge is 0.480 e. The first-order valence-corrected chi connectivity index (χ1v) is 10.3. The van der Waals surface area contributed by atoms with Gasteiger partial charge in [0.1, 0.15) is 5.75 Å². The van der Waals surface area contributed by atoms with Crippen molar-refractivity contribution in [1.82, 2.24) is 4.98 Å². The van der Waals surface area contributed by atoms with E-state index >= 15 is 0 Å². The second-order valence-corrected chi connectivity index (χ2v) is 7.61. The van der Waals surface area contributed by atoms with Gasteiger partial charge in [-0.1, -0.05) is 65.7 Å². The van der Waals surface area contributed by atoms with Crippen LogP contribution in [0.2, 0.25) is 10.0 Å². The van der Waals surface area contributed by atoms with Crippen LogP contribution in [0.3, 0.4) is 0 Å². The standard InChI is InChI=1S/C25H18Cl2N2O2/c26-18-12-13-22(27)21(15-18)24(17-7-2-1-3-8-17)31-23-11-5-4-10-20(23)25(30)29-19-9-6-14-28-16-19/h1-16,24H,(H,29,30). The molecule has 31 heavy (non-hydrogen) atoms. The molecule has 1 aromatic heterocycles. The van der Waals surface area contributed by atoms with Crippen LogP contribution in [0.5, 0.6) is 5.75 Å². The van der Waals surface area contributed by atoms with Crippen molar-refractivity contribution in [1.29, 1.82) is 0 Å². The molecule has 0 saturated heterocycles. The van der Waals surface area contributed by atoms with Crippen LogP contribution < -0.4 is 10.1 Å². The number of benzene rings is 3. The average Bonchev–Trinajstić information content (AvgIpc) is 2.81. The number of carbonyl (C=O) groups is 1. The van der Waals surface area contributed by atoms with Crippen LogP contribution in [-0.4, -0.2) is 10.9 Å². The number of halogens is 2. The van der Waals surface area contributed by atoms with Gasteiger partial charge >= 0.3 is 0 Å². The number of rotatable bonds is 6. The molecule has 1 atom stereocenters. The summed E-state index contributed by atoms with van der Waals surface area (Å²) in [7, 11) is 0. The number of nitrogens with one attached hydrogen (secondary N) is 1. The van der Waals surface area contributed by atoms with Crippen LogP contribution in [0.25, 0.3) is 0 Å². The second kappa shape index (κ2) is 9.65. The summed E-state index contributed by atoms with van der Waals surface area (Å²) in [6.07, 6.45) is 2.67. The van der Waals surface area contributed by atoms with E-state index in [0.717, 1.165) is 5.56 Å². The molecule has 4 rings (SSSR count). The summed E-state index contributed by atoms with van der Waals surface area (Å²) in [5.74, 6) is 0.126. The Bertz CT molecular complexity index is 1180. The molecule has 3 aromatic carbocycles. The van der Waals surface area contributed by atoms with Crippen LogP contribution in [0, 0.1) is 0 Å². The van der Waals surface area contributed by atoms with Crippen molar-refractivity contribution >= 4 is 34.8 Å². The van der Waals surface area contributed by atoms with Crippen LogP contribution in [0.15, 0.2) is 97.3 Å². The molecular weight excluding hydrogens is 431 g/mol. The molecular formula is C25H18Cl2N2O2. The van der Waals surface area contributed by atoms with Crippen LogP contribution in [0.1, 0.15) is 27.6 Å². The van der Waals surface area contributed by atoms with E-state index in [4.69, 9.17) is 27.9 Å². The summed E-state index contributed by atoms with van der Waals surface area (Å²) in [5.41, 5.74) is 2.59. The van der Waals surface area contributed by atoms with Gasteiger partial charge in [-0.2, -0.15) is 0 Å². The van der Waals surface area contributed by atoms with Gasteiger partial charge in [0.25, 0.3) is 5.91 Å². The van der Waals surface area contributed by atoms with Gasteiger partial charge in [-0.25, -0.2) is 0 Å². The summed E-state index contributed by atoms with van der Waals surface area (Å²) in [6, 6.07) is 25.5. The summed E-state index contributed by atoms with van der Waals surface area (Å²) in [5, 5.41) is 3.91. The lowest BCUT2D eigenvalue weighted by Gasteiger charge is -2.23. The van der Waals surface area contributed by atoms with Gasteiger partial charge in [-0.15, -0.1) is 0 Å². The van der Waals surface area contributed by atoms with Crippen LogP contribution in [0.4, 0.5) is 5.69 Å². The summed E-state index contributed by atoms with van der Waals surface area (Å²) >= 11 is 12.7. The van der Waals surface area contributed by atoms with Crippen molar-refractivity contribution in [3.8, 4) is 5.75 Å². The summed E-state index contributed by atoms with van der Waals surface area (Å²) < 4.78 is 6.39. The lowest BCUT2D eigenvalue weighted by molar-refractivity contribution is 0.102. The Kier molecular flexibility index (Phi) is 6.51. The number of aromatic nitrogens is 1. The van der Waals surface area contributed by atoms with Crippen molar-refractivity contribution in [3.63, 3.8) is 0 Å². The molecule has 4 aromatic rings. The molecule has 0 aliphatic rings. The van der Waals surface area contributed by atoms with E-state index in [2.05, 4.69) is 10.3 Å². The lowest BCUT2D eigenvalue weighted by Crippen LogP contribution is -2.16. The predicted octanol–water partition coefficient (Wildman–Crippen LogP) is 6.81. The first-order valence-electron chi connectivity index (χ1n) is 9.59. The molecule has 1 amide bonds. The maximum Gasteiger partial charge on any atom is 0.259 e. The molecule has 1 unspecified atom stereocenters. The van der Waals surface area contributed by atoms with Gasteiger partial charge in [-0.05, 0) is 48.0 Å². The topological polar surface area (TPSA) is 51.2 Å². The zero-order chi connectivity index (χ0) is 21.6. The number of para-hydroxylation sites is 1. The smallest absolute Gasteiger partial charge is 0.259 e. The highest BCUT2D eigenvalue weighted by Crippen LogP contribution is 2.35. The number of pyridine rings is 1. The van der Waals surface area contributed by atoms with E-state index in [-0.39, 0.29) is 5.91 Å². The Morgan fingerprint density at radius 1 is 0.903 bits per heavy atom. The molecule has 0 spiro atoms. The number of nitrogens with zero attached hydrogens (tertiary/aromatic N) is 1. The van der Waals surface area contributed by atoms with Gasteiger partial charge in [-0.3, -0.25) is 9.78 Å². The van der Waals surface area contributed by atoms with Gasteiger partial charge in [0.15, 0.2) is 6.10 Å². The quantitative estimate of drug-likeness (QED) is 0.352. The molecule has 0 fully saturated rings. The van der Waals surface area contributed by atoms with Crippen LogP contribution >= 0.6 is 23.2 Å². The van der Waals surface area contributed by atoms with Gasteiger partial charge < -0.3 is 10.1 Å². The van der Waals surface area contributed by atoms with Crippen molar-refractivity contribution in [3.05, 3.63) is 124 Å². The van der Waals surface area contributed by atoms with E-state index in [9.17, 15) is 4.79 Å². The fourth-order valence-corrected chi connectivity index (χ4v) is 3.57. The number of hydrogen-bond acceptors (Lipinski definition) is 3. The Morgan fingerprint density at radius 3 is 2.45 bits per heavy atom. The van der Waals surface area contributed by atoms with E-state index in [1.165, 1.54) is 0 Å². The monoisotopic (exact) mass is 448 g/mol. The molecule has 4 nitrogen and oxygen atoms in total. The maximum atomic E-state index is 12.9.